The van der Waals surface area contributed by atoms with Crippen LogP contribution >= 0.6 is 0 Å². The maximum Gasteiger partial charge on any atom is 0.318 e. The van der Waals surface area contributed by atoms with Crippen molar-refractivity contribution in [2.45, 2.75) is 51.2 Å². The summed E-state index contributed by atoms with van der Waals surface area (Å²) in [7, 11) is 0. The Balaban J connectivity index is 1.15. The Morgan fingerprint density at radius 1 is 1.00 bits per heavy atom. The van der Waals surface area contributed by atoms with Crippen molar-refractivity contribution < 1.29 is 18.7 Å². The SMILES string of the molecule is C=C(F)C(=O)N1CCN(c2nc(OCC3CCN3C3CCOCC3)nc3c2CCN(c2cccc4cccc(C)c24)C3)CC1. The third kappa shape index (κ3) is 5.61. The first-order valence-electron chi connectivity index (χ1n) is 15.9. The van der Waals surface area contributed by atoms with Crippen LogP contribution in [-0.4, -0.2) is 96.8 Å². The second kappa shape index (κ2) is 12.3. The molecule has 1 unspecified atom stereocenters. The zero-order valence-electron chi connectivity index (χ0n) is 25.5. The molecule has 0 radical (unpaired) electrons. The van der Waals surface area contributed by atoms with E-state index in [0.29, 0.717) is 57.4 Å². The number of halogens is 1. The van der Waals surface area contributed by atoms with E-state index in [1.54, 1.807) is 0 Å². The van der Waals surface area contributed by atoms with Crippen LogP contribution in [-0.2, 0) is 22.5 Å². The number of nitrogens with zero attached hydrogens (tertiary/aromatic N) is 6. The molecule has 3 fully saturated rings. The average molecular weight is 601 g/mol. The molecule has 10 heteroatoms. The number of piperazine rings is 1. The lowest BCUT2D eigenvalue weighted by molar-refractivity contribution is -0.128. The van der Waals surface area contributed by atoms with Gasteiger partial charge in [-0.2, -0.15) is 9.97 Å². The number of carbonyl (C=O) groups excluding carboxylic acids is 1. The predicted octanol–water partition coefficient (Wildman–Crippen LogP) is 4.26. The fourth-order valence-corrected chi connectivity index (χ4v) is 7.29. The molecular formula is C34H41FN6O3. The summed E-state index contributed by atoms with van der Waals surface area (Å²) >= 11 is 0. The first-order valence-corrected chi connectivity index (χ1v) is 15.9. The smallest absolute Gasteiger partial charge is 0.318 e. The zero-order chi connectivity index (χ0) is 30.2. The van der Waals surface area contributed by atoms with Gasteiger partial charge in [-0.05, 0) is 49.6 Å². The molecule has 0 spiro atoms. The van der Waals surface area contributed by atoms with E-state index in [9.17, 15) is 9.18 Å². The number of hydrogen-bond acceptors (Lipinski definition) is 8. The van der Waals surface area contributed by atoms with E-state index in [1.165, 1.54) is 26.9 Å². The third-order valence-corrected chi connectivity index (χ3v) is 9.81. The summed E-state index contributed by atoms with van der Waals surface area (Å²) in [6, 6.07) is 14.3. The Kier molecular flexibility index (Phi) is 8.12. The fourth-order valence-electron chi connectivity index (χ4n) is 7.29. The van der Waals surface area contributed by atoms with Crippen LogP contribution in [0.5, 0.6) is 6.01 Å². The van der Waals surface area contributed by atoms with Crippen LogP contribution in [0.25, 0.3) is 10.8 Å². The largest absolute Gasteiger partial charge is 0.462 e. The van der Waals surface area contributed by atoms with Crippen molar-refractivity contribution >= 4 is 28.2 Å². The standard InChI is InChI=1S/C34H41FN6O3/c1-23-5-3-6-25-7-4-8-30(31(23)25)40-13-10-28-29(21-40)36-34(44-22-27-9-14-41(27)26-11-19-43-20-12-26)37-32(28)38-15-17-39(18-16-38)33(42)24(2)35/h3-8,26-27H,2,9-22H2,1H3. The average Bonchev–Trinajstić information content (AvgIpc) is 3.04. The van der Waals surface area contributed by atoms with Gasteiger partial charge in [0.1, 0.15) is 12.4 Å². The Bertz CT molecular complexity index is 1550. The maximum atomic E-state index is 13.6. The molecule has 0 saturated carbocycles. The minimum Gasteiger partial charge on any atom is -0.462 e. The number of amides is 1. The molecule has 7 rings (SSSR count). The molecule has 5 heterocycles. The van der Waals surface area contributed by atoms with Gasteiger partial charge in [-0.1, -0.05) is 36.9 Å². The molecule has 1 atom stereocenters. The van der Waals surface area contributed by atoms with E-state index in [0.717, 1.165) is 69.1 Å². The molecule has 232 valence electrons. The molecule has 0 aliphatic carbocycles. The normalized spacial score (nSPS) is 21.2. The number of aromatic nitrogens is 2. The molecule has 9 nitrogen and oxygen atoms in total. The summed E-state index contributed by atoms with van der Waals surface area (Å²) in [5.74, 6) is -0.670. The lowest BCUT2D eigenvalue weighted by Crippen LogP contribution is -2.57. The molecule has 3 saturated heterocycles. The summed E-state index contributed by atoms with van der Waals surface area (Å²) < 4.78 is 25.5. The van der Waals surface area contributed by atoms with E-state index >= 15 is 0 Å². The minimum absolute atomic E-state index is 0.361. The van der Waals surface area contributed by atoms with Gasteiger partial charge in [0.2, 0.25) is 0 Å². The third-order valence-electron chi connectivity index (χ3n) is 9.81. The lowest BCUT2D eigenvalue weighted by Gasteiger charge is -2.47. The zero-order valence-corrected chi connectivity index (χ0v) is 25.5. The Morgan fingerprint density at radius 3 is 2.50 bits per heavy atom. The van der Waals surface area contributed by atoms with Crippen molar-refractivity contribution in [1.82, 2.24) is 19.8 Å². The van der Waals surface area contributed by atoms with Crippen LogP contribution in [0.15, 0.2) is 48.8 Å². The fraction of sp³-hybridized carbons (Fsp3) is 0.500. The number of rotatable bonds is 7. The molecular weight excluding hydrogens is 559 g/mol. The first-order chi connectivity index (χ1) is 21.5. The van der Waals surface area contributed by atoms with E-state index in [4.69, 9.17) is 19.4 Å². The number of fused-ring (bicyclic) bond motifs is 2. The van der Waals surface area contributed by atoms with Gasteiger partial charge in [-0.25, -0.2) is 4.39 Å². The molecule has 3 aromatic rings. The highest BCUT2D eigenvalue weighted by Crippen LogP contribution is 2.36. The highest BCUT2D eigenvalue weighted by Gasteiger charge is 2.36. The molecule has 4 aliphatic rings. The van der Waals surface area contributed by atoms with E-state index in [-0.39, 0.29) is 0 Å². The Morgan fingerprint density at radius 2 is 1.77 bits per heavy atom. The first kappa shape index (κ1) is 29.0. The van der Waals surface area contributed by atoms with Gasteiger partial charge >= 0.3 is 6.01 Å². The van der Waals surface area contributed by atoms with Crippen molar-refractivity contribution in [2.24, 2.45) is 0 Å². The van der Waals surface area contributed by atoms with E-state index in [1.807, 2.05) is 0 Å². The van der Waals surface area contributed by atoms with E-state index < -0.39 is 11.7 Å². The summed E-state index contributed by atoms with van der Waals surface area (Å²) in [6.45, 7) is 12.1. The van der Waals surface area contributed by atoms with Gasteiger partial charge in [0.15, 0.2) is 5.83 Å². The Labute approximate surface area is 258 Å². The predicted molar refractivity (Wildman–Crippen MR) is 169 cm³/mol. The quantitative estimate of drug-likeness (QED) is 0.373. The number of ether oxygens (including phenoxy) is 2. The second-order valence-electron chi connectivity index (χ2n) is 12.4. The number of hydrogen-bond donors (Lipinski definition) is 0. The van der Waals surface area contributed by atoms with Crippen LogP contribution < -0.4 is 14.5 Å². The van der Waals surface area contributed by atoms with Crippen LogP contribution in [0.1, 0.15) is 36.1 Å². The minimum atomic E-state index is -0.914. The van der Waals surface area contributed by atoms with Crippen molar-refractivity contribution in [2.75, 3.05) is 68.9 Å². The van der Waals surface area contributed by atoms with Crippen molar-refractivity contribution in [3.8, 4) is 6.01 Å². The summed E-state index contributed by atoms with van der Waals surface area (Å²) in [5, 5.41) is 2.51. The molecule has 4 aliphatic heterocycles. The second-order valence-corrected chi connectivity index (χ2v) is 12.4. The number of carbonyl (C=O) groups is 1. The van der Waals surface area contributed by atoms with Crippen LogP contribution in [0.3, 0.4) is 0 Å². The summed E-state index contributed by atoms with van der Waals surface area (Å²) in [4.78, 5) is 30.9. The Hall–Kier alpha value is -3.76. The van der Waals surface area contributed by atoms with Gasteiger partial charge in [-0.15, -0.1) is 0 Å². The lowest BCUT2D eigenvalue weighted by atomic mass is 9.96. The summed E-state index contributed by atoms with van der Waals surface area (Å²) in [6.07, 6.45) is 4.06. The molecule has 2 aromatic carbocycles. The molecule has 44 heavy (non-hydrogen) atoms. The van der Waals surface area contributed by atoms with Crippen molar-refractivity contribution in [3.63, 3.8) is 0 Å². The molecule has 1 aromatic heterocycles. The number of likely N-dealkylation sites (tertiary alicyclic amines) is 1. The molecule has 0 bridgehead atoms. The molecule has 1 amide bonds. The van der Waals surface area contributed by atoms with Gasteiger partial charge in [0, 0.05) is 81.2 Å². The van der Waals surface area contributed by atoms with Crippen LogP contribution in [0.4, 0.5) is 15.9 Å². The van der Waals surface area contributed by atoms with Gasteiger partial charge < -0.3 is 24.2 Å². The summed E-state index contributed by atoms with van der Waals surface area (Å²) in [5.41, 5.74) is 4.59. The number of benzene rings is 2. The van der Waals surface area contributed by atoms with Crippen molar-refractivity contribution in [1.29, 1.82) is 0 Å². The molecule has 0 N–H and O–H groups in total. The number of anilines is 2. The van der Waals surface area contributed by atoms with Crippen molar-refractivity contribution in [3.05, 3.63) is 65.6 Å². The van der Waals surface area contributed by atoms with Gasteiger partial charge in [0.25, 0.3) is 5.91 Å². The highest BCUT2D eigenvalue weighted by atomic mass is 19.1. The maximum absolute atomic E-state index is 13.6. The topological polar surface area (TPSA) is 74.3 Å². The highest BCUT2D eigenvalue weighted by molar-refractivity contribution is 5.97. The van der Waals surface area contributed by atoms with Crippen LogP contribution in [0, 0.1) is 6.92 Å². The number of aryl methyl sites for hydroxylation is 1. The monoisotopic (exact) mass is 600 g/mol. The van der Waals surface area contributed by atoms with E-state index in [2.05, 4.69) is 64.6 Å². The van der Waals surface area contributed by atoms with Crippen LogP contribution in [0.2, 0.25) is 0 Å². The van der Waals surface area contributed by atoms with Gasteiger partial charge in [0.05, 0.1) is 12.2 Å². The van der Waals surface area contributed by atoms with Gasteiger partial charge in [-0.3, -0.25) is 9.69 Å².